The summed E-state index contributed by atoms with van der Waals surface area (Å²) in [5, 5.41) is 3.35. The molecule has 2 aromatic carbocycles. The highest BCUT2D eigenvalue weighted by Crippen LogP contribution is 2.45. The summed E-state index contributed by atoms with van der Waals surface area (Å²) in [6.07, 6.45) is 4.06. The van der Waals surface area contributed by atoms with E-state index in [1.807, 2.05) is 61.5 Å². The van der Waals surface area contributed by atoms with Crippen LogP contribution in [-0.2, 0) is 20.9 Å². The summed E-state index contributed by atoms with van der Waals surface area (Å²) in [5.74, 6) is -0.125. The molecule has 5 nitrogen and oxygen atoms in total. The van der Waals surface area contributed by atoms with E-state index in [-0.39, 0.29) is 12.4 Å². The van der Waals surface area contributed by atoms with Crippen LogP contribution in [-0.4, -0.2) is 18.4 Å². The molecule has 0 radical (unpaired) electrons. The lowest BCUT2D eigenvalue weighted by molar-refractivity contribution is -0.140. The second-order valence-electron chi connectivity index (χ2n) is 8.57. The van der Waals surface area contributed by atoms with Crippen LogP contribution < -0.4 is 10.1 Å². The van der Waals surface area contributed by atoms with Crippen LogP contribution in [0.3, 0.4) is 0 Å². The number of dihydropyridines is 1. The topological polar surface area (TPSA) is 64.6 Å². The predicted octanol–water partition coefficient (Wildman–Crippen LogP) is 5.58. The number of para-hydroxylation sites is 1. The number of nitrogens with one attached hydrogen (secondary N) is 1. The van der Waals surface area contributed by atoms with Gasteiger partial charge in [0.25, 0.3) is 0 Å². The van der Waals surface area contributed by atoms with Gasteiger partial charge in [0.2, 0.25) is 0 Å². The summed E-state index contributed by atoms with van der Waals surface area (Å²) in [6, 6.07) is 17.3. The molecule has 1 aliphatic heterocycles. The summed E-state index contributed by atoms with van der Waals surface area (Å²) >= 11 is 0. The number of ether oxygens (including phenoxy) is 2. The molecule has 2 aromatic rings. The first-order valence-electron chi connectivity index (χ1n) is 11.8. The molecule has 1 heterocycles. The molecule has 1 unspecified atom stereocenters. The number of Topliss-reactive ketones (excluding diaryl/α,β-unsaturated/α-hetero) is 1. The number of rotatable bonds is 8. The molecule has 5 heteroatoms. The van der Waals surface area contributed by atoms with Crippen LogP contribution in [0.1, 0.15) is 63.0 Å². The first-order chi connectivity index (χ1) is 16.1. The number of hydrogen-bond donors (Lipinski definition) is 1. The van der Waals surface area contributed by atoms with E-state index in [1.54, 1.807) is 0 Å². The average Bonchev–Trinajstić information content (AvgIpc) is 2.83. The maximum atomic E-state index is 13.4. The molecule has 0 bridgehead atoms. The Morgan fingerprint density at radius 2 is 1.82 bits per heavy atom. The largest absolute Gasteiger partial charge is 0.493 e. The highest BCUT2D eigenvalue weighted by molar-refractivity contribution is 6.04. The Morgan fingerprint density at radius 1 is 1.06 bits per heavy atom. The van der Waals surface area contributed by atoms with E-state index in [0.717, 1.165) is 48.2 Å². The lowest BCUT2D eigenvalue weighted by Gasteiger charge is -2.34. The van der Waals surface area contributed by atoms with E-state index < -0.39 is 11.9 Å². The number of hydrogen-bond acceptors (Lipinski definition) is 5. The van der Waals surface area contributed by atoms with Crippen molar-refractivity contribution in [3.63, 3.8) is 0 Å². The van der Waals surface area contributed by atoms with Crippen molar-refractivity contribution in [1.82, 2.24) is 5.32 Å². The Balaban J connectivity index is 1.72. The van der Waals surface area contributed by atoms with Crippen molar-refractivity contribution in [2.75, 3.05) is 6.61 Å². The van der Waals surface area contributed by atoms with Gasteiger partial charge in [-0.1, -0.05) is 61.9 Å². The third-order valence-corrected chi connectivity index (χ3v) is 6.19. The number of carbonyl (C=O) groups excluding carboxylic acids is 2. The number of benzene rings is 2. The van der Waals surface area contributed by atoms with E-state index in [4.69, 9.17) is 9.47 Å². The SMILES string of the molecule is CCCCOc1ccccc1C1C(C(=O)OCc2ccccc2)=C(C)NC2=C1C(=O)CCC2. The summed E-state index contributed by atoms with van der Waals surface area (Å²) in [7, 11) is 0. The van der Waals surface area contributed by atoms with E-state index in [2.05, 4.69) is 12.2 Å². The fourth-order valence-corrected chi connectivity index (χ4v) is 4.54. The van der Waals surface area contributed by atoms with Gasteiger partial charge in [0.05, 0.1) is 18.1 Å². The second kappa shape index (κ2) is 10.5. The van der Waals surface area contributed by atoms with Crippen molar-refractivity contribution in [1.29, 1.82) is 0 Å². The Morgan fingerprint density at radius 3 is 2.61 bits per heavy atom. The molecule has 0 spiro atoms. The van der Waals surface area contributed by atoms with Crippen LogP contribution in [0.15, 0.2) is 77.1 Å². The van der Waals surface area contributed by atoms with Gasteiger partial charge in [-0.05, 0) is 37.8 Å². The van der Waals surface area contributed by atoms with Gasteiger partial charge in [0.15, 0.2) is 5.78 Å². The quantitative estimate of drug-likeness (QED) is 0.425. The lowest BCUT2D eigenvalue weighted by Crippen LogP contribution is -2.34. The molecule has 0 fully saturated rings. The molecular formula is C28H31NO4. The maximum Gasteiger partial charge on any atom is 0.337 e. The molecule has 2 aliphatic rings. The molecule has 1 N–H and O–H groups in total. The summed E-state index contributed by atoms with van der Waals surface area (Å²) in [6.45, 7) is 4.77. The van der Waals surface area contributed by atoms with Gasteiger partial charge in [-0.2, -0.15) is 0 Å². The monoisotopic (exact) mass is 445 g/mol. The normalized spacial score (nSPS) is 18.0. The van der Waals surface area contributed by atoms with Crippen LogP contribution in [0, 0.1) is 0 Å². The van der Waals surface area contributed by atoms with Crippen LogP contribution in [0.25, 0.3) is 0 Å². The van der Waals surface area contributed by atoms with Gasteiger partial charge in [0, 0.05) is 29.0 Å². The third kappa shape index (κ3) is 5.03. The Hall–Kier alpha value is -3.34. The molecular weight excluding hydrogens is 414 g/mol. The minimum Gasteiger partial charge on any atom is -0.493 e. The molecule has 33 heavy (non-hydrogen) atoms. The molecule has 172 valence electrons. The van der Waals surface area contributed by atoms with Gasteiger partial charge in [-0.25, -0.2) is 4.79 Å². The molecule has 0 saturated heterocycles. The van der Waals surface area contributed by atoms with Crippen LogP contribution in [0.2, 0.25) is 0 Å². The third-order valence-electron chi connectivity index (χ3n) is 6.19. The number of ketones is 1. The van der Waals surface area contributed by atoms with Crippen molar-refractivity contribution in [2.24, 2.45) is 0 Å². The van der Waals surface area contributed by atoms with E-state index >= 15 is 0 Å². The summed E-state index contributed by atoms with van der Waals surface area (Å²) < 4.78 is 11.8. The Labute approximate surface area is 195 Å². The average molecular weight is 446 g/mol. The van der Waals surface area contributed by atoms with Crippen LogP contribution >= 0.6 is 0 Å². The smallest absolute Gasteiger partial charge is 0.337 e. The van der Waals surface area contributed by atoms with Crippen LogP contribution in [0.5, 0.6) is 5.75 Å². The minimum absolute atomic E-state index is 0.0815. The highest BCUT2D eigenvalue weighted by atomic mass is 16.5. The molecule has 0 amide bonds. The van der Waals surface area contributed by atoms with Crippen molar-refractivity contribution < 1.29 is 19.1 Å². The van der Waals surface area contributed by atoms with Gasteiger partial charge >= 0.3 is 5.97 Å². The zero-order valence-corrected chi connectivity index (χ0v) is 19.4. The van der Waals surface area contributed by atoms with E-state index in [9.17, 15) is 9.59 Å². The fourth-order valence-electron chi connectivity index (χ4n) is 4.54. The number of unbranched alkanes of at least 4 members (excludes halogenated alkanes) is 1. The van der Waals surface area contributed by atoms with Crippen molar-refractivity contribution >= 4 is 11.8 Å². The van der Waals surface area contributed by atoms with Gasteiger partial charge in [-0.15, -0.1) is 0 Å². The number of carbonyl (C=O) groups is 2. The first kappa shape index (κ1) is 22.8. The van der Waals surface area contributed by atoms with E-state index in [0.29, 0.717) is 29.9 Å². The predicted molar refractivity (Wildman–Crippen MR) is 128 cm³/mol. The van der Waals surface area contributed by atoms with Crippen LogP contribution in [0.4, 0.5) is 0 Å². The highest BCUT2D eigenvalue weighted by Gasteiger charge is 2.40. The minimum atomic E-state index is -0.504. The summed E-state index contributed by atoms with van der Waals surface area (Å²) in [4.78, 5) is 26.5. The zero-order chi connectivity index (χ0) is 23.2. The maximum absolute atomic E-state index is 13.4. The van der Waals surface area contributed by atoms with Gasteiger partial charge in [0.1, 0.15) is 12.4 Å². The Kier molecular flexibility index (Phi) is 7.28. The van der Waals surface area contributed by atoms with Gasteiger partial charge in [-0.3, -0.25) is 4.79 Å². The van der Waals surface area contributed by atoms with Crippen molar-refractivity contribution in [2.45, 2.75) is 58.5 Å². The molecule has 1 atom stereocenters. The second-order valence-corrected chi connectivity index (χ2v) is 8.57. The van der Waals surface area contributed by atoms with Crippen molar-refractivity contribution in [3.8, 4) is 5.75 Å². The summed E-state index contributed by atoms with van der Waals surface area (Å²) in [5.41, 5.74) is 4.55. The molecule has 0 aromatic heterocycles. The van der Waals surface area contributed by atoms with Gasteiger partial charge < -0.3 is 14.8 Å². The lowest BCUT2D eigenvalue weighted by atomic mass is 9.75. The zero-order valence-electron chi connectivity index (χ0n) is 19.4. The molecule has 4 rings (SSSR count). The van der Waals surface area contributed by atoms with Crippen molar-refractivity contribution in [3.05, 3.63) is 88.3 Å². The molecule has 1 aliphatic carbocycles. The molecule has 0 saturated carbocycles. The standard InChI is InChI=1S/C28H31NO4/c1-3-4-17-32-24-16-9-8-13-21(24)26-25(28(31)33-18-20-11-6-5-7-12-20)19(2)29-22-14-10-15-23(30)27(22)26/h5-9,11-13,16,26,29H,3-4,10,14-15,17-18H2,1-2H3. The fraction of sp³-hybridized carbons (Fsp3) is 0.357. The van der Waals surface area contributed by atoms with E-state index in [1.165, 1.54) is 0 Å². The number of esters is 1. The Bertz CT molecular complexity index is 1080. The number of allylic oxidation sites excluding steroid dienone is 3. The first-order valence-corrected chi connectivity index (χ1v) is 11.8.